The first-order chi connectivity index (χ1) is 1.41. The van der Waals surface area contributed by atoms with E-state index in [1.807, 2.05) is 0 Å². The molecule has 0 saturated carbocycles. The number of hydrogen-bond acceptors (Lipinski definition) is 1. The summed E-state index contributed by atoms with van der Waals surface area (Å²) in [6, 6.07) is 0. The second kappa shape index (κ2) is 15.9. The number of carbonyl (C=O) groups excluding carboxylic acids is 1. The van der Waals surface area contributed by atoms with Crippen LogP contribution in [0.1, 0.15) is 0 Å². The van der Waals surface area contributed by atoms with Gasteiger partial charge < -0.3 is 5.73 Å². The van der Waals surface area contributed by atoms with E-state index in [0.29, 0.717) is 0 Å². The molecule has 0 aliphatic heterocycles. The van der Waals surface area contributed by atoms with Gasteiger partial charge in [0.05, 0.1) is 0 Å². The van der Waals surface area contributed by atoms with E-state index in [4.69, 9.17) is 4.79 Å². The van der Waals surface area contributed by atoms with Crippen LogP contribution in [0.15, 0.2) is 0 Å². The normalized spacial score (nSPS) is 2.40. The summed E-state index contributed by atoms with van der Waals surface area (Å²) in [5, 5.41) is 0. The molecule has 0 fully saturated rings. The molecule has 1 amide bonds. The van der Waals surface area contributed by atoms with Crippen molar-refractivity contribution in [1.82, 2.24) is 0 Å². The van der Waals surface area contributed by atoms with Gasteiger partial charge in [0.2, 0.25) is 6.41 Å². The summed E-state index contributed by atoms with van der Waals surface area (Å²) in [4.78, 5) is 8.58. The second-order valence-corrected chi connectivity index (χ2v) is 0.136. The first-order valence-corrected chi connectivity index (χ1v) is 0.569. The summed E-state index contributed by atoms with van der Waals surface area (Å²) in [7, 11) is 0. The van der Waals surface area contributed by atoms with Gasteiger partial charge in [-0.15, -0.1) is 0 Å². The van der Waals surface area contributed by atoms with Gasteiger partial charge in [0.25, 0.3) is 0 Å². The number of amides is 1. The van der Waals surface area contributed by atoms with Crippen LogP contribution < -0.4 is 5.73 Å². The fraction of sp³-hybridized carbons (Fsp3) is 0. The third kappa shape index (κ3) is 20.2. The van der Waals surface area contributed by atoms with Crippen molar-refractivity contribution in [2.75, 3.05) is 0 Å². The molecular formula is CH5K2NO. The Morgan fingerprint density at radius 1 is 1.40 bits per heavy atom. The second-order valence-electron chi connectivity index (χ2n) is 0.136. The number of hydrogen-bond donors (Lipinski definition) is 1. The van der Waals surface area contributed by atoms with Gasteiger partial charge in [-0.2, -0.15) is 0 Å². The molecule has 0 aromatic heterocycles. The van der Waals surface area contributed by atoms with Crippen LogP contribution in [0.2, 0.25) is 0 Å². The van der Waals surface area contributed by atoms with Crippen LogP contribution >= 0.6 is 0 Å². The van der Waals surface area contributed by atoms with E-state index in [2.05, 4.69) is 5.73 Å². The summed E-state index contributed by atoms with van der Waals surface area (Å²) in [5.41, 5.74) is 4.17. The zero-order chi connectivity index (χ0) is 2.71. The first kappa shape index (κ1) is 15.6. The molecule has 0 aliphatic carbocycles. The Morgan fingerprint density at radius 2 is 1.40 bits per heavy atom. The van der Waals surface area contributed by atoms with Crippen LogP contribution in [0.3, 0.4) is 0 Å². The maximum atomic E-state index is 8.58. The van der Waals surface area contributed by atoms with Crippen molar-refractivity contribution in [3.05, 3.63) is 0 Å². The molecule has 0 unspecified atom stereocenters. The summed E-state index contributed by atoms with van der Waals surface area (Å²) >= 11 is 0. The van der Waals surface area contributed by atoms with Crippen LogP contribution in [0.25, 0.3) is 0 Å². The Labute approximate surface area is 116 Å². The predicted octanol–water partition coefficient (Wildman–Crippen LogP) is -2.20. The van der Waals surface area contributed by atoms with Crippen molar-refractivity contribution < 1.29 is 4.79 Å². The average Bonchev–Trinajstić information content (AvgIpc) is 0.918. The predicted molar refractivity (Wildman–Crippen MR) is 24.5 cm³/mol. The minimum absolute atomic E-state index is 0. The van der Waals surface area contributed by atoms with Gasteiger partial charge in [-0.1, -0.05) is 0 Å². The molecule has 0 radical (unpaired) electrons. The van der Waals surface area contributed by atoms with E-state index < -0.39 is 0 Å². The van der Waals surface area contributed by atoms with Gasteiger partial charge in [0.15, 0.2) is 0 Å². The molecule has 0 rings (SSSR count). The Hall–Kier alpha value is 2.74. The number of carbonyl (C=O) groups is 1. The summed E-state index contributed by atoms with van der Waals surface area (Å²) in [6.07, 6.45) is 0.250. The number of nitrogens with two attached hydrogens (primary N) is 1. The van der Waals surface area contributed by atoms with E-state index in [-0.39, 0.29) is 109 Å². The quantitative estimate of drug-likeness (QED) is 0.290. The summed E-state index contributed by atoms with van der Waals surface area (Å²) in [5.74, 6) is 0. The molecular weight excluding hydrogens is 120 g/mol. The van der Waals surface area contributed by atoms with Gasteiger partial charge in [-0.25, -0.2) is 0 Å². The third-order valence-electron chi connectivity index (χ3n) is 0. The molecule has 0 saturated heterocycles. The molecule has 4 heteroatoms. The zero-order valence-electron chi connectivity index (χ0n) is 1.56. The van der Waals surface area contributed by atoms with Gasteiger partial charge >= 0.3 is 103 Å². The first-order valence-electron chi connectivity index (χ1n) is 0.569. The molecule has 0 heterocycles. The van der Waals surface area contributed by atoms with Gasteiger partial charge in [0.1, 0.15) is 0 Å². The fourth-order valence-corrected chi connectivity index (χ4v) is 0. The SMILES string of the molecule is NC=O.[KH].[KH]. The molecule has 0 aromatic carbocycles. The minimum atomic E-state index is 0. The Morgan fingerprint density at radius 3 is 1.40 bits per heavy atom. The van der Waals surface area contributed by atoms with Crippen LogP contribution in [0.4, 0.5) is 0 Å². The van der Waals surface area contributed by atoms with E-state index in [1.54, 1.807) is 0 Å². The van der Waals surface area contributed by atoms with Crippen molar-refractivity contribution in [3.63, 3.8) is 0 Å². The van der Waals surface area contributed by atoms with Crippen molar-refractivity contribution >= 4 is 109 Å². The molecule has 22 valence electrons. The van der Waals surface area contributed by atoms with Crippen molar-refractivity contribution in [1.29, 1.82) is 0 Å². The Bertz CT molecular complexity index is 17.1. The van der Waals surface area contributed by atoms with Crippen LogP contribution in [-0.2, 0) is 4.79 Å². The molecule has 2 N–H and O–H groups in total. The molecule has 0 aromatic rings. The number of primary amides is 1. The molecule has 0 aliphatic rings. The monoisotopic (exact) mass is 125 g/mol. The molecule has 5 heavy (non-hydrogen) atoms. The van der Waals surface area contributed by atoms with Crippen LogP contribution in [-0.4, -0.2) is 109 Å². The molecule has 2 nitrogen and oxygen atoms in total. The summed E-state index contributed by atoms with van der Waals surface area (Å²) in [6.45, 7) is 0. The Balaban J connectivity index is -0.0000000200. The van der Waals surface area contributed by atoms with Crippen LogP contribution in [0.5, 0.6) is 0 Å². The van der Waals surface area contributed by atoms with Crippen LogP contribution in [0, 0.1) is 0 Å². The summed E-state index contributed by atoms with van der Waals surface area (Å²) < 4.78 is 0. The molecule has 0 spiro atoms. The van der Waals surface area contributed by atoms with E-state index in [0.717, 1.165) is 0 Å². The number of rotatable bonds is 0. The van der Waals surface area contributed by atoms with Gasteiger partial charge in [-0.3, -0.25) is 4.79 Å². The standard InChI is InChI=1S/CH3NO.2K.2H/c2-1-3;;;;/h1H,(H2,2,3);;;;. The van der Waals surface area contributed by atoms with Crippen molar-refractivity contribution in [3.8, 4) is 0 Å². The van der Waals surface area contributed by atoms with Crippen molar-refractivity contribution in [2.24, 2.45) is 5.73 Å². The van der Waals surface area contributed by atoms with E-state index in [1.165, 1.54) is 0 Å². The zero-order valence-corrected chi connectivity index (χ0v) is 1.56. The van der Waals surface area contributed by atoms with E-state index >= 15 is 0 Å². The topological polar surface area (TPSA) is 43.1 Å². The Kier molecular flexibility index (Phi) is 49.7. The average molecular weight is 125 g/mol. The third-order valence-corrected chi connectivity index (χ3v) is 0. The molecule has 0 atom stereocenters. The van der Waals surface area contributed by atoms with Crippen molar-refractivity contribution in [2.45, 2.75) is 0 Å². The fourth-order valence-electron chi connectivity index (χ4n) is 0. The van der Waals surface area contributed by atoms with Gasteiger partial charge in [-0.05, 0) is 0 Å². The van der Waals surface area contributed by atoms with E-state index in [9.17, 15) is 0 Å². The molecule has 0 bridgehead atoms. The van der Waals surface area contributed by atoms with Gasteiger partial charge in [0, 0.05) is 0 Å². The maximum absolute atomic E-state index is 8.58.